The lowest BCUT2D eigenvalue weighted by Crippen LogP contribution is -2.36. The first-order valence-corrected chi connectivity index (χ1v) is 8.22. The maximum Gasteiger partial charge on any atom is 0.255 e. The molecule has 6 heteroatoms. The van der Waals surface area contributed by atoms with Gasteiger partial charge in [-0.3, -0.25) is 4.79 Å². The largest absolute Gasteiger partial charge is 0.392 e. The van der Waals surface area contributed by atoms with Crippen molar-refractivity contribution in [1.29, 1.82) is 0 Å². The van der Waals surface area contributed by atoms with Crippen molar-refractivity contribution in [1.82, 2.24) is 0 Å². The maximum atomic E-state index is 14.4. The molecule has 1 fully saturated rings. The number of carbonyl (C=O) groups is 1. The van der Waals surface area contributed by atoms with Crippen molar-refractivity contribution in [2.45, 2.75) is 13.5 Å². The molecule has 5 nitrogen and oxygen atoms in total. The minimum atomic E-state index is -0.421. The molecule has 1 heterocycles. The van der Waals surface area contributed by atoms with Crippen LogP contribution in [0, 0.1) is 12.7 Å². The minimum Gasteiger partial charge on any atom is -0.392 e. The number of halogens is 1. The molecule has 25 heavy (non-hydrogen) atoms. The summed E-state index contributed by atoms with van der Waals surface area (Å²) >= 11 is 0. The molecule has 2 N–H and O–H groups in total. The lowest BCUT2D eigenvalue weighted by atomic mass is 10.1. The molecule has 132 valence electrons. The Morgan fingerprint density at radius 1 is 1.24 bits per heavy atom. The number of benzene rings is 2. The molecule has 1 aliphatic rings. The van der Waals surface area contributed by atoms with E-state index >= 15 is 0 Å². The number of hydrogen-bond donors (Lipinski definition) is 2. The predicted molar refractivity (Wildman–Crippen MR) is 94.5 cm³/mol. The molecule has 0 aliphatic carbocycles. The van der Waals surface area contributed by atoms with Crippen LogP contribution >= 0.6 is 0 Å². The topological polar surface area (TPSA) is 61.8 Å². The van der Waals surface area contributed by atoms with Gasteiger partial charge in [0.15, 0.2) is 0 Å². The number of hydrogen-bond acceptors (Lipinski definition) is 4. The Hall–Kier alpha value is -2.44. The molecule has 0 aromatic heterocycles. The molecule has 2 aromatic carbocycles. The van der Waals surface area contributed by atoms with Gasteiger partial charge in [-0.1, -0.05) is 12.1 Å². The summed E-state index contributed by atoms with van der Waals surface area (Å²) in [6.07, 6.45) is 0. The zero-order chi connectivity index (χ0) is 17.8. The van der Waals surface area contributed by atoms with Crippen LogP contribution in [0.1, 0.15) is 21.5 Å². The fourth-order valence-electron chi connectivity index (χ4n) is 2.81. The Morgan fingerprint density at radius 3 is 2.68 bits per heavy atom. The molecular weight excluding hydrogens is 323 g/mol. The van der Waals surface area contributed by atoms with Gasteiger partial charge < -0.3 is 20.1 Å². The molecule has 1 saturated heterocycles. The van der Waals surface area contributed by atoms with E-state index in [1.54, 1.807) is 24.3 Å². The van der Waals surface area contributed by atoms with E-state index in [0.29, 0.717) is 43.2 Å². The molecule has 0 radical (unpaired) electrons. The predicted octanol–water partition coefficient (Wildman–Crippen LogP) is 2.72. The Morgan fingerprint density at radius 2 is 2.00 bits per heavy atom. The van der Waals surface area contributed by atoms with E-state index < -0.39 is 5.82 Å². The van der Waals surface area contributed by atoms with E-state index in [-0.39, 0.29) is 18.1 Å². The van der Waals surface area contributed by atoms with Crippen LogP contribution in [0.4, 0.5) is 15.8 Å². The number of anilines is 2. The molecule has 0 spiro atoms. The number of amides is 1. The zero-order valence-electron chi connectivity index (χ0n) is 14.1. The summed E-state index contributed by atoms with van der Waals surface area (Å²) in [4.78, 5) is 14.3. The first-order chi connectivity index (χ1) is 12.1. The molecule has 0 bridgehead atoms. The Bertz CT molecular complexity index is 773. The lowest BCUT2D eigenvalue weighted by Gasteiger charge is -2.29. The summed E-state index contributed by atoms with van der Waals surface area (Å²) in [5, 5.41) is 12.0. The highest BCUT2D eigenvalue weighted by atomic mass is 19.1. The average Bonchev–Trinajstić information content (AvgIpc) is 2.64. The molecule has 3 rings (SSSR count). The molecule has 0 unspecified atom stereocenters. The number of nitrogens with one attached hydrogen (secondary N) is 1. The van der Waals surface area contributed by atoms with E-state index in [2.05, 4.69) is 5.32 Å². The van der Waals surface area contributed by atoms with Crippen LogP contribution in [-0.2, 0) is 11.3 Å². The Kier molecular flexibility index (Phi) is 5.31. The zero-order valence-corrected chi connectivity index (χ0v) is 14.1. The van der Waals surface area contributed by atoms with Gasteiger partial charge in [0.1, 0.15) is 5.82 Å². The van der Waals surface area contributed by atoms with Crippen LogP contribution < -0.4 is 10.2 Å². The normalized spacial score (nSPS) is 14.4. The van der Waals surface area contributed by atoms with Crippen molar-refractivity contribution >= 4 is 17.3 Å². The number of ether oxygens (including phenoxy) is 1. The third-order valence-electron chi connectivity index (χ3n) is 4.29. The number of aliphatic hydroxyl groups excluding tert-OH is 1. The van der Waals surface area contributed by atoms with E-state index in [4.69, 9.17) is 4.74 Å². The Labute approximate surface area is 146 Å². The molecule has 0 atom stereocenters. The molecular formula is C19H21FN2O3. The van der Waals surface area contributed by atoms with Crippen molar-refractivity contribution in [2.75, 3.05) is 36.5 Å². The summed E-state index contributed by atoms with van der Waals surface area (Å²) in [6, 6.07) is 9.84. The van der Waals surface area contributed by atoms with Gasteiger partial charge in [-0.25, -0.2) is 4.39 Å². The van der Waals surface area contributed by atoms with Gasteiger partial charge in [0.25, 0.3) is 5.91 Å². The monoisotopic (exact) mass is 344 g/mol. The SMILES string of the molecule is Cc1ccc(CO)cc1NC(=O)c1ccc(N2CCOCC2)c(F)c1. The van der Waals surface area contributed by atoms with E-state index in [9.17, 15) is 14.3 Å². The summed E-state index contributed by atoms with van der Waals surface area (Å²) in [6.45, 7) is 4.17. The summed E-state index contributed by atoms with van der Waals surface area (Å²) < 4.78 is 19.7. The van der Waals surface area contributed by atoms with Crippen LogP contribution in [0.25, 0.3) is 0 Å². The second-order valence-electron chi connectivity index (χ2n) is 6.03. The van der Waals surface area contributed by atoms with Crippen molar-refractivity contribution in [3.8, 4) is 0 Å². The van der Waals surface area contributed by atoms with E-state index in [0.717, 1.165) is 5.56 Å². The van der Waals surface area contributed by atoms with Crippen LogP contribution in [0.3, 0.4) is 0 Å². The first kappa shape index (κ1) is 17.4. The fraction of sp³-hybridized carbons (Fsp3) is 0.316. The summed E-state index contributed by atoms with van der Waals surface area (Å²) in [5.41, 5.74) is 2.92. The highest BCUT2D eigenvalue weighted by molar-refractivity contribution is 6.04. The number of aliphatic hydroxyl groups is 1. The second kappa shape index (κ2) is 7.63. The summed E-state index contributed by atoms with van der Waals surface area (Å²) in [7, 11) is 0. The van der Waals surface area contributed by atoms with Crippen LogP contribution in [0.15, 0.2) is 36.4 Å². The number of morpholine rings is 1. The molecule has 0 saturated carbocycles. The van der Waals surface area contributed by atoms with Gasteiger partial charge in [-0.15, -0.1) is 0 Å². The van der Waals surface area contributed by atoms with Gasteiger partial charge in [0.2, 0.25) is 0 Å². The third kappa shape index (κ3) is 3.97. The van der Waals surface area contributed by atoms with Gasteiger partial charge in [-0.2, -0.15) is 0 Å². The van der Waals surface area contributed by atoms with Gasteiger partial charge in [0, 0.05) is 24.3 Å². The lowest BCUT2D eigenvalue weighted by molar-refractivity contribution is 0.102. The van der Waals surface area contributed by atoms with Crippen molar-refractivity contribution in [3.63, 3.8) is 0 Å². The quantitative estimate of drug-likeness (QED) is 0.895. The molecule has 1 amide bonds. The van der Waals surface area contributed by atoms with Crippen LogP contribution in [0.5, 0.6) is 0 Å². The summed E-state index contributed by atoms with van der Waals surface area (Å²) in [5.74, 6) is -0.805. The van der Waals surface area contributed by atoms with Gasteiger partial charge >= 0.3 is 0 Å². The number of nitrogens with zero attached hydrogens (tertiary/aromatic N) is 1. The fourth-order valence-corrected chi connectivity index (χ4v) is 2.81. The van der Waals surface area contributed by atoms with Crippen molar-refractivity contribution in [2.24, 2.45) is 0 Å². The highest BCUT2D eigenvalue weighted by Crippen LogP contribution is 2.23. The third-order valence-corrected chi connectivity index (χ3v) is 4.29. The minimum absolute atomic E-state index is 0.105. The highest BCUT2D eigenvalue weighted by Gasteiger charge is 2.17. The maximum absolute atomic E-state index is 14.4. The number of carbonyl (C=O) groups excluding carboxylic acids is 1. The number of aryl methyl sites for hydroxylation is 1. The van der Waals surface area contributed by atoms with E-state index in [1.807, 2.05) is 17.9 Å². The Balaban J connectivity index is 1.77. The first-order valence-electron chi connectivity index (χ1n) is 8.22. The van der Waals surface area contributed by atoms with Crippen LogP contribution in [0.2, 0.25) is 0 Å². The second-order valence-corrected chi connectivity index (χ2v) is 6.03. The molecule has 1 aliphatic heterocycles. The van der Waals surface area contributed by atoms with Crippen molar-refractivity contribution < 1.29 is 19.0 Å². The molecule has 2 aromatic rings. The van der Waals surface area contributed by atoms with Gasteiger partial charge in [-0.05, 0) is 42.3 Å². The standard InChI is InChI=1S/C19H21FN2O3/c1-13-2-3-14(12-23)10-17(13)21-19(24)15-4-5-18(16(20)11-15)22-6-8-25-9-7-22/h2-5,10-11,23H,6-9,12H2,1H3,(H,21,24). The number of rotatable bonds is 4. The van der Waals surface area contributed by atoms with Crippen molar-refractivity contribution in [3.05, 3.63) is 58.9 Å². The average molecular weight is 344 g/mol. The van der Waals surface area contributed by atoms with Gasteiger partial charge in [0.05, 0.1) is 25.5 Å². The van der Waals surface area contributed by atoms with Crippen LogP contribution in [-0.4, -0.2) is 37.3 Å². The smallest absolute Gasteiger partial charge is 0.255 e. The van der Waals surface area contributed by atoms with E-state index in [1.165, 1.54) is 6.07 Å².